The van der Waals surface area contributed by atoms with Crippen molar-refractivity contribution in [1.82, 2.24) is 25.1 Å². The third kappa shape index (κ3) is 4.05. The number of aromatic nitrogens is 4. The molecule has 1 amide bonds. The quantitative estimate of drug-likeness (QED) is 0.674. The number of hydrogen-bond donors (Lipinski definition) is 0. The number of alkyl halides is 3. The van der Waals surface area contributed by atoms with Gasteiger partial charge in [0, 0.05) is 37.4 Å². The van der Waals surface area contributed by atoms with Crippen LogP contribution in [0.25, 0.3) is 5.69 Å². The van der Waals surface area contributed by atoms with Gasteiger partial charge in [-0.3, -0.25) is 4.79 Å². The van der Waals surface area contributed by atoms with Gasteiger partial charge in [-0.1, -0.05) is 6.07 Å². The molecule has 4 rings (SSSR count). The van der Waals surface area contributed by atoms with Gasteiger partial charge >= 0.3 is 6.18 Å². The number of piperazine rings is 1. The fourth-order valence-corrected chi connectivity index (χ4v) is 3.27. The van der Waals surface area contributed by atoms with Crippen LogP contribution in [-0.4, -0.2) is 57.2 Å². The summed E-state index contributed by atoms with van der Waals surface area (Å²) in [6.07, 6.45) is -2.91. The van der Waals surface area contributed by atoms with Gasteiger partial charge in [0.25, 0.3) is 5.91 Å². The Morgan fingerprint density at radius 1 is 0.931 bits per heavy atom. The molecule has 7 nitrogen and oxygen atoms in total. The number of anilines is 1. The molecule has 1 aliphatic rings. The molecule has 0 unspecified atom stereocenters. The molecule has 0 spiro atoms. The van der Waals surface area contributed by atoms with E-state index >= 15 is 0 Å². The van der Waals surface area contributed by atoms with Gasteiger partial charge in [0.15, 0.2) is 0 Å². The van der Waals surface area contributed by atoms with Crippen LogP contribution in [0.1, 0.15) is 15.9 Å². The number of hydrogen-bond acceptors (Lipinski definition) is 5. The average Bonchev–Trinajstić information content (AvgIpc) is 3.28. The number of benzene rings is 2. The lowest BCUT2D eigenvalue weighted by Crippen LogP contribution is -2.48. The van der Waals surface area contributed by atoms with E-state index in [4.69, 9.17) is 0 Å². The summed E-state index contributed by atoms with van der Waals surface area (Å²) >= 11 is 0. The van der Waals surface area contributed by atoms with Crippen LogP contribution in [0.2, 0.25) is 0 Å². The molecule has 1 aliphatic heterocycles. The summed E-state index contributed by atoms with van der Waals surface area (Å²) in [7, 11) is 0. The number of amides is 1. The van der Waals surface area contributed by atoms with Gasteiger partial charge in [0.1, 0.15) is 6.33 Å². The van der Waals surface area contributed by atoms with Crippen molar-refractivity contribution in [3.8, 4) is 5.69 Å². The van der Waals surface area contributed by atoms with Gasteiger partial charge in [-0.25, -0.2) is 4.68 Å². The molecule has 1 saturated heterocycles. The van der Waals surface area contributed by atoms with Crippen LogP contribution >= 0.6 is 0 Å². The first kappa shape index (κ1) is 18.9. The first-order valence-corrected chi connectivity index (χ1v) is 8.97. The smallest absolute Gasteiger partial charge is 0.368 e. The van der Waals surface area contributed by atoms with Crippen molar-refractivity contribution in [1.29, 1.82) is 0 Å². The van der Waals surface area contributed by atoms with E-state index in [9.17, 15) is 18.0 Å². The first-order chi connectivity index (χ1) is 13.9. The second-order valence-electron chi connectivity index (χ2n) is 6.63. The summed E-state index contributed by atoms with van der Waals surface area (Å²) in [4.78, 5) is 16.3. The van der Waals surface area contributed by atoms with E-state index in [-0.39, 0.29) is 5.91 Å². The van der Waals surface area contributed by atoms with Crippen LogP contribution < -0.4 is 4.90 Å². The Kier molecular flexibility index (Phi) is 4.91. The highest BCUT2D eigenvalue weighted by Gasteiger charge is 2.31. The number of carbonyl (C=O) groups is 1. The molecule has 1 fully saturated rings. The second-order valence-corrected chi connectivity index (χ2v) is 6.63. The molecule has 29 heavy (non-hydrogen) atoms. The highest BCUT2D eigenvalue weighted by atomic mass is 19.4. The molecule has 10 heteroatoms. The number of rotatable bonds is 3. The molecule has 0 N–H and O–H groups in total. The van der Waals surface area contributed by atoms with Crippen molar-refractivity contribution in [2.75, 3.05) is 31.1 Å². The van der Waals surface area contributed by atoms with E-state index in [1.54, 1.807) is 35.2 Å². The van der Waals surface area contributed by atoms with Crippen LogP contribution in [0.5, 0.6) is 0 Å². The molecule has 2 heterocycles. The Bertz CT molecular complexity index is 980. The van der Waals surface area contributed by atoms with E-state index in [0.717, 1.165) is 17.8 Å². The maximum absolute atomic E-state index is 12.9. The number of halogens is 3. The standard InChI is InChI=1S/C19H17F3N6O/c20-19(21,22)15-2-1-3-17(12-15)26-8-10-27(11-9-26)18(29)14-4-6-16(7-5-14)28-13-23-24-25-28/h1-7,12-13H,8-11H2. The zero-order valence-electron chi connectivity index (χ0n) is 15.3. The van der Waals surface area contributed by atoms with Gasteiger partial charge < -0.3 is 9.80 Å². The average molecular weight is 402 g/mol. The van der Waals surface area contributed by atoms with Crippen molar-refractivity contribution in [2.45, 2.75) is 6.18 Å². The van der Waals surface area contributed by atoms with Crippen molar-refractivity contribution >= 4 is 11.6 Å². The molecule has 2 aromatic carbocycles. The van der Waals surface area contributed by atoms with Crippen LogP contribution in [0, 0.1) is 0 Å². The highest BCUT2D eigenvalue weighted by Crippen LogP contribution is 2.32. The van der Waals surface area contributed by atoms with Crippen molar-refractivity contribution in [3.05, 3.63) is 66.0 Å². The van der Waals surface area contributed by atoms with Crippen LogP contribution in [0.4, 0.5) is 18.9 Å². The normalized spacial score (nSPS) is 14.9. The third-order valence-electron chi connectivity index (χ3n) is 4.83. The van der Waals surface area contributed by atoms with Crippen molar-refractivity contribution in [3.63, 3.8) is 0 Å². The minimum Gasteiger partial charge on any atom is -0.368 e. The Morgan fingerprint density at radius 3 is 2.28 bits per heavy atom. The summed E-state index contributed by atoms with van der Waals surface area (Å²) in [6, 6.07) is 12.2. The van der Waals surface area contributed by atoms with E-state index in [1.165, 1.54) is 17.1 Å². The minimum atomic E-state index is -4.37. The summed E-state index contributed by atoms with van der Waals surface area (Å²) < 4.78 is 40.3. The molecular formula is C19H17F3N6O. The molecule has 0 atom stereocenters. The van der Waals surface area contributed by atoms with Crippen LogP contribution in [0.3, 0.4) is 0 Å². The highest BCUT2D eigenvalue weighted by molar-refractivity contribution is 5.94. The second kappa shape index (κ2) is 7.53. The lowest BCUT2D eigenvalue weighted by atomic mass is 10.1. The van der Waals surface area contributed by atoms with Crippen LogP contribution in [0.15, 0.2) is 54.9 Å². The van der Waals surface area contributed by atoms with Gasteiger partial charge in [-0.15, -0.1) is 5.10 Å². The lowest BCUT2D eigenvalue weighted by Gasteiger charge is -2.36. The van der Waals surface area contributed by atoms with Gasteiger partial charge in [0.2, 0.25) is 0 Å². The van der Waals surface area contributed by atoms with Crippen molar-refractivity contribution < 1.29 is 18.0 Å². The Morgan fingerprint density at radius 2 is 1.66 bits per heavy atom. The first-order valence-electron chi connectivity index (χ1n) is 8.97. The maximum Gasteiger partial charge on any atom is 0.416 e. The Balaban J connectivity index is 1.40. The molecule has 3 aromatic rings. The SMILES string of the molecule is O=C(c1ccc(-n2cnnn2)cc1)N1CCN(c2cccc(C(F)(F)F)c2)CC1. The molecule has 0 radical (unpaired) electrons. The fraction of sp³-hybridized carbons (Fsp3) is 0.263. The summed E-state index contributed by atoms with van der Waals surface area (Å²) in [5.74, 6) is -0.114. The topological polar surface area (TPSA) is 67.2 Å². The molecule has 0 bridgehead atoms. The third-order valence-corrected chi connectivity index (χ3v) is 4.83. The molecular weight excluding hydrogens is 385 g/mol. The monoisotopic (exact) mass is 402 g/mol. The number of nitrogens with zero attached hydrogens (tertiary/aromatic N) is 6. The number of tetrazole rings is 1. The predicted molar refractivity (Wildman–Crippen MR) is 98.7 cm³/mol. The van der Waals surface area contributed by atoms with E-state index in [2.05, 4.69) is 15.5 Å². The lowest BCUT2D eigenvalue weighted by molar-refractivity contribution is -0.137. The Hall–Kier alpha value is -3.43. The minimum absolute atomic E-state index is 0.114. The summed E-state index contributed by atoms with van der Waals surface area (Å²) in [5, 5.41) is 10.9. The molecule has 1 aromatic heterocycles. The molecule has 150 valence electrons. The largest absolute Gasteiger partial charge is 0.416 e. The van der Waals surface area contributed by atoms with Crippen molar-refractivity contribution in [2.24, 2.45) is 0 Å². The molecule has 0 saturated carbocycles. The summed E-state index contributed by atoms with van der Waals surface area (Å²) in [6.45, 7) is 1.80. The Labute approximate surface area is 164 Å². The summed E-state index contributed by atoms with van der Waals surface area (Å²) in [5.41, 5.74) is 1.11. The van der Waals surface area contributed by atoms with Gasteiger partial charge in [-0.05, 0) is 52.9 Å². The zero-order valence-corrected chi connectivity index (χ0v) is 15.3. The van der Waals surface area contributed by atoms with E-state index in [0.29, 0.717) is 37.4 Å². The van der Waals surface area contributed by atoms with Gasteiger partial charge in [0.05, 0.1) is 11.3 Å². The fourth-order valence-electron chi connectivity index (χ4n) is 3.27. The van der Waals surface area contributed by atoms with E-state index in [1.807, 2.05) is 4.90 Å². The predicted octanol–water partition coefficient (Wildman–Crippen LogP) is 2.64. The maximum atomic E-state index is 12.9. The molecule has 0 aliphatic carbocycles. The number of carbonyl (C=O) groups excluding carboxylic acids is 1. The van der Waals surface area contributed by atoms with Gasteiger partial charge in [-0.2, -0.15) is 13.2 Å². The van der Waals surface area contributed by atoms with Crippen LogP contribution in [-0.2, 0) is 6.18 Å². The van der Waals surface area contributed by atoms with E-state index < -0.39 is 11.7 Å². The zero-order chi connectivity index (χ0) is 20.4.